The van der Waals surface area contributed by atoms with E-state index >= 15 is 0 Å². The fourth-order valence-electron chi connectivity index (χ4n) is 1.82. The summed E-state index contributed by atoms with van der Waals surface area (Å²) >= 11 is 1.21. The van der Waals surface area contributed by atoms with Gasteiger partial charge in [0.2, 0.25) is 11.8 Å². The van der Waals surface area contributed by atoms with Crippen molar-refractivity contribution < 1.29 is 24.2 Å². The number of morpholine rings is 1. The molecule has 2 amide bonds. The third kappa shape index (κ3) is 5.79. The van der Waals surface area contributed by atoms with Gasteiger partial charge >= 0.3 is 5.97 Å². The van der Waals surface area contributed by atoms with Crippen LogP contribution >= 0.6 is 11.8 Å². The molecule has 1 unspecified atom stereocenters. The highest BCUT2D eigenvalue weighted by molar-refractivity contribution is 8.00. The minimum absolute atomic E-state index is 0.0305. The lowest BCUT2D eigenvalue weighted by Crippen LogP contribution is -2.45. The Labute approximate surface area is 122 Å². The van der Waals surface area contributed by atoms with Crippen LogP contribution in [0.5, 0.6) is 0 Å². The zero-order valence-electron chi connectivity index (χ0n) is 11.6. The first-order valence-corrected chi connectivity index (χ1v) is 7.52. The second-order valence-corrected chi connectivity index (χ2v) is 5.66. The van der Waals surface area contributed by atoms with Crippen LogP contribution in [0, 0.1) is 0 Å². The molecule has 0 aliphatic carbocycles. The van der Waals surface area contributed by atoms with Crippen LogP contribution in [0.4, 0.5) is 0 Å². The highest BCUT2D eigenvalue weighted by Gasteiger charge is 2.23. The summed E-state index contributed by atoms with van der Waals surface area (Å²) in [5.41, 5.74) is 0. The summed E-state index contributed by atoms with van der Waals surface area (Å²) in [6, 6.07) is -0.964. The Hall–Kier alpha value is -1.28. The van der Waals surface area contributed by atoms with Crippen LogP contribution in [0.15, 0.2) is 0 Å². The minimum Gasteiger partial charge on any atom is -0.480 e. The van der Waals surface area contributed by atoms with E-state index in [0.29, 0.717) is 19.7 Å². The molecule has 0 aromatic heterocycles. The van der Waals surface area contributed by atoms with E-state index in [9.17, 15) is 14.4 Å². The van der Waals surface area contributed by atoms with Gasteiger partial charge in [0.15, 0.2) is 0 Å². The normalized spacial score (nSPS) is 20.3. The van der Waals surface area contributed by atoms with Crippen molar-refractivity contribution in [1.82, 2.24) is 10.2 Å². The topological polar surface area (TPSA) is 95.9 Å². The lowest BCUT2D eigenvalue weighted by atomic mass is 10.3. The molecule has 1 rings (SSSR count). The van der Waals surface area contributed by atoms with E-state index in [4.69, 9.17) is 9.84 Å². The Morgan fingerprint density at radius 3 is 2.75 bits per heavy atom. The number of amides is 2. The summed E-state index contributed by atoms with van der Waals surface area (Å²) in [7, 11) is 0. The third-order valence-corrected chi connectivity index (χ3v) is 3.80. The number of nitrogens with one attached hydrogen (secondary N) is 1. The average molecular weight is 304 g/mol. The molecule has 0 aromatic carbocycles. The van der Waals surface area contributed by atoms with E-state index in [0.717, 1.165) is 0 Å². The summed E-state index contributed by atoms with van der Waals surface area (Å²) in [5.74, 6) is -1.15. The van der Waals surface area contributed by atoms with Crippen molar-refractivity contribution in [2.75, 3.05) is 31.2 Å². The standard InChI is InChI=1S/C12H20N2O5S/c1-8-5-14(3-4-19-8)11(16)7-20-6-10(12(17)18)13-9(2)15/h8,10H,3-7H2,1-2H3,(H,13,15)(H,17,18)/t8?,10-/m0/s1. The number of aliphatic carboxylic acids is 1. The molecule has 0 aromatic rings. The van der Waals surface area contributed by atoms with Gasteiger partial charge < -0.3 is 20.1 Å². The highest BCUT2D eigenvalue weighted by Crippen LogP contribution is 2.09. The summed E-state index contributed by atoms with van der Waals surface area (Å²) in [6.45, 7) is 4.83. The second kappa shape index (κ2) is 8.11. The van der Waals surface area contributed by atoms with Crippen molar-refractivity contribution in [2.24, 2.45) is 0 Å². The molecule has 0 bridgehead atoms. The molecule has 1 aliphatic rings. The molecule has 2 N–H and O–H groups in total. The minimum atomic E-state index is -1.10. The van der Waals surface area contributed by atoms with Gasteiger partial charge in [-0.3, -0.25) is 9.59 Å². The first-order valence-electron chi connectivity index (χ1n) is 6.37. The van der Waals surface area contributed by atoms with Crippen molar-refractivity contribution in [1.29, 1.82) is 0 Å². The molecular formula is C12H20N2O5S. The Balaban J connectivity index is 2.32. The van der Waals surface area contributed by atoms with Crippen molar-refractivity contribution in [2.45, 2.75) is 26.0 Å². The van der Waals surface area contributed by atoms with Crippen LogP contribution in [-0.2, 0) is 19.1 Å². The molecule has 1 saturated heterocycles. The van der Waals surface area contributed by atoms with Crippen LogP contribution in [-0.4, -0.2) is 71.1 Å². The molecule has 0 radical (unpaired) electrons. The van der Waals surface area contributed by atoms with E-state index in [1.54, 1.807) is 4.90 Å². The summed E-state index contributed by atoms with van der Waals surface area (Å²) in [5, 5.41) is 11.3. The molecule has 0 spiro atoms. The van der Waals surface area contributed by atoms with Crippen LogP contribution in [0.3, 0.4) is 0 Å². The van der Waals surface area contributed by atoms with Gasteiger partial charge in [0, 0.05) is 25.8 Å². The largest absolute Gasteiger partial charge is 0.480 e. The van der Waals surface area contributed by atoms with Crippen LogP contribution in [0.2, 0.25) is 0 Å². The monoisotopic (exact) mass is 304 g/mol. The first-order chi connectivity index (χ1) is 9.40. The zero-order chi connectivity index (χ0) is 15.1. The van der Waals surface area contributed by atoms with Gasteiger partial charge in [-0.1, -0.05) is 0 Å². The van der Waals surface area contributed by atoms with Crippen molar-refractivity contribution >= 4 is 29.5 Å². The summed E-state index contributed by atoms with van der Waals surface area (Å²) < 4.78 is 5.35. The maximum Gasteiger partial charge on any atom is 0.327 e. The van der Waals surface area contributed by atoms with Crippen LogP contribution in [0.25, 0.3) is 0 Å². The van der Waals surface area contributed by atoms with Gasteiger partial charge in [0.1, 0.15) is 6.04 Å². The molecule has 2 atom stereocenters. The molecule has 1 fully saturated rings. The predicted molar refractivity (Wildman–Crippen MR) is 74.6 cm³/mol. The number of carboxylic acids is 1. The fourth-order valence-corrected chi connectivity index (χ4v) is 2.76. The Bertz CT molecular complexity index is 377. The number of carboxylic acid groups (broad SMARTS) is 1. The maximum atomic E-state index is 11.9. The Morgan fingerprint density at radius 2 is 2.20 bits per heavy atom. The van der Waals surface area contributed by atoms with Crippen LogP contribution < -0.4 is 5.32 Å². The van der Waals surface area contributed by atoms with Gasteiger partial charge in [-0.15, -0.1) is 11.8 Å². The number of hydrogen-bond acceptors (Lipinski definition) is 5. The van der Waals surface area contributed by atoms with E-state index < -0.39 is 17.9 Å². The molecular weight excluding hydrogens is 284 g/mol. The van der Waals surface area contributed by atoms with E-state index in [1.807, 2.05) is 6.92 Å². The molecule has 1 heterocycles. The molecule has 114 valence electrons. The fraction of sp³-hybridized carbons (Fsp3) is 0.750. The molecule has 1 aliphatic heterocycles. The van der Waals surface area contributed by atoms with Crippen molar-refractivity contribution in [3.8, 4) is 0 Å². The quantitative estimate of drug-likeness (QED) is 0.690. The Morgan fingerprint density at radius 1 is 1.50 bits per heavy atom. The highest BCUT2D eigenvalue weighted by atomic mass is 32.2. The molecule has 7 nitrogen and oxygen atoms in total. The molecule has 0 saturated carbocycles. The average Bonchev–Trinajstić information content (AvgIpc) is 2.36. The summed E-state index contributed by atoms with van der Waals surface area (Å²) in [4.78, 5) is 35.4. The number of hydrogen-bond donors (Lipinski definition) is 2. The van der Waals surface area contributed by atoms with Gasteiger partial charge in [0.25, 0.3) is 0 Å². The van der Waals surface area contributed by atoms with Crippen molar-refractivity contribution in [3.05, 3.63) is 0 Å². The Kier molecular flexibility index (Phi) is 6.80. The lowest BCUT2D eigenvalue weighted by Gasteiger charge is -2.31. The number of nitrogens with zero attached hydrogens (tertiary/aromatic N) is 1. The number of ether oxygens (including phenoxy) is 1. The van der Waals surface area contributed by atoms with Gasteiger partial charge in [-0.2, -0.15) is 0 Å². The third-order valence-electron chi connectivity index (χ3n) is 2.78. The predicted octanol–water partition coefficient (Wildman–Crippen LogP) is -0.444. The second-order valence-electron chi connectivity index (χ2n) is 4.63. The SMILES string of the molecule is CC(=O)N[C@@H](CSCC(=O)N1CCOC(C)C1)C(=O)O. The van der Waals surface area contributed by atoms with E-state index in [-0.39, 0.29) is 23.5 Å². The number of carbonyl (C=O) groups is 3. The van der Waals surface area contributed by atoms with Gasteiger partial charge in [0.05, 0.1) is 18.5 Å². The zero-order valence-corrected chi connectivity index (χ0v) is 12.4. The van der Waals surface area contributed by atoms with Gasteiger partial charge in [-0.25, -0.2) is 4.79 Å². The number of thioether (sulfide) groups is 1. The number of carbonyl (C=O) groups excluding carboxylic acids is 2. The molecule has 20 heavy (non-hydrogen) atoms. The van der Waals surface area contributed by atoms with Crippen LogP contribution in [0.1, 0.15) is 13.8 Å². The first kappa shape index (κ1) is 16.8. The maximum absolute atomic E-state index is 11.9. The number of rotatable bonds is 6. The van der Waals surface area contributed by atoms with Crippen molar-refractivity contribution in [3.63, 3.8) is 0 Å². The smallest absolute Gasteiger partial charge is 0.327 e. The lowest BCUT2D eigenvalue weighted by molar-refractivity contribution is -0.140. The van der Waals surface area contributed by atoms with Gasteiger partial charge in [-0.05, 0) is 6.92 Å². The molecule has 8 heteroatoms. The van der Waals surface area contributed by atoms with E-state index in [1.165, 1.54) is 18.7 Å². The summed E-state index contributed by atoms with van der Waals surface area (Å²) in [6.07, 6.45) is 0.0313. The van der Waals surface area contributed by atoms with E-state index in [2.05, 4.69) is 5.32 Å².